The number of Topliss-reactive ketones (excluding diaryl/α,β-unsaturated/α-hetero) is 1. The van der Waals surface area contributed by atoms with Gasteiger partial charge in [-0.05, 0) is 43.6 Å². The lowest BCUT2D eigenvalue weighted by atomic mass is 9.64. The van der Waals surface area contributed by atoms with Crippen molar-refractivity contribution < 1.29 is 4.79 Å². The molecule has 2 aliphatic rings. The van der Waals surface area contributed by atoms with Crippen LogP contribution < -0.4 is 0 Å². The number of hydrogen-bond donors (Lipinski definition) is 0. The van der Waals surface area contributed by atoms with Crippen molar-refractivity contribution in [2.24, 2.45) is 11.3 Å². The van der Waals surface area contributed by atoms with Gasteiger partial charge in [-0.1, -0.05) is 44.0 Å². The standard InChI is InChI=1S/C17H22O/c1-2-6-14-8-5-11-17(14)12-10-13-7-3-4-9-15(13)16(17)18/h3-4,7,9,14H,2,5-6,8,10-12H2,1H3/t14-,17+/m1/s1. The number of carbonyl (C=O) groups excluding carboxylic acids is 1. The molecule has 0 bridgehead atoms. The highest BCUT2D eigenvalue weighted by Gasteiger charge is 2.49. The van der Waals surface area contributed by atoms with Crippen LogP contribution >= 0.6 is 0 Å². The minimum atomic E-state index is 0.00433. The van der Waals surface area contributed by atoms with Crippen LogP contribution in [0.15, 0.2) is 24.3 Å². The van der Waals surface area contributed by atoms with Crippen molar-refractivity contribution in [2.75, 3.05) is 0 Å². The van der Waals surface area contributed by atoms with Gasteiger partial charge in [0.2, 0.25) is 0 Å². The number of aryl methyl sites for hydroxylation is 1. The van der Waals surface area contributed by atoms with Crippen LogP contribution in [0.4, 0.5) is 0 Å². The van der Waals surface area contributed by atoms with Crippen LogP contribution in [0.2, 0.25) is 0 Å². The van der Waals surface area contributed by atoms with Gasteiger partial charge in [0, 0.05) is 11.0 Å². The predicted molar refractivity (Wildman–Crippen MR) is 73.8 cm³/mol. The fourth-order valence-corrected chi connectivity index (χ4v) is 4.24. The monoisotopic (exact) mass is 242 g/mol. The van der Waals surface area contributed by atoms with E-state index in [1.165, 1.54) is 31.2 Å². The molecule has 1 saturated carbocycles. The zero-order chi connectivity index (χ0) is 12.6. The maximum atomic E-state index is 12.9. The second-order valence-corrected chi connectivity index (χ2v) is 6.02. The summed E-state index contributed by atoms with van der Waals surface area (Å²) < 4.78 is 0. The molecule has 0 N–H and O–H groups in total. The molecule has 1 aromatic carbocycles. The van der Waals surface area contributed by atoms with E-state index in [9.17, 15) is 4.79 Å². The molecule has 0 amide bonds. The molecular formula is C17H22O. The third-order valence-electron chi connectivity index (χ3n) is 5.15. The van der Waals surface area contributed by atoms with E-state index < -0.39 is 0 Å². The van der Waals surface area contributed by atoms with E-state index in [1.807, 2.05) is 12.1 Å². The molecule has 0 heterocycles. The molecule has 1 heteroatoms. The van der Waals surface area contributed by atoms with Crippen LogP contribution in [-0.4, -0.2) is 5.78 Å². The third-order valence-corrected chi connectivity index (χ3v) is 5.15. The van der Waals surface area contributed by atoms with Gasteiger partial charge in [-0.15, -0.1) is 0 Å². The first-order valence-corrected chi connectivity index (χ1v) is 7.40. The van der Waals surface area contributed by atoms with Crippen LogP contribution in [0.1, 0.15) is 61.4 Å². The lowest BCUT2D eigenvalue weighted by molar-refractivity contribution is 0.0659. The second kappa shape index (κ2) is 4.53. The zero-order valence-corrected chi connectivity index (χ0v) is 11.2. The highest BCUT2D eigenvalue weighted by atomic mass is 16.1. The Labute approximate surface area is 110 Å². The Morgan fingerprint density at radius 1 is 1.28 bits per heavy atom. The summed E-state index contributed by atoms with van der Waals surface area (Å²) in [7, 11) is 0. The molecule has 0 aromatic heterocycles. The first kappa shape index (κ1) is 12.0. The topological polar surface area (TPSA) is 17.1 Å². The fourth-order valence-electron chi connectivity index (χ4n) is 4.24. The maximum absolute atomic E-state index is 12.9. The Balaban J connectivity index is 1.98. The average Bonchev–Trinajstić information content (AvgIpc) is 2.79. The highest BCUT2D eigenvalue weighted by molar-refractivity contribution is 6.03. The number of benzene rings is 1. The van der Waals surface area contributed by atoms with Crippen LogP contribution in [0.25, 0.3) is 0 Å². The molecule has 1 nitrogen and oxygen atoms in total. The number of rotatable bonds is 2. The number of carbonyl (C=O) groups is 1. The molecule has 0 aliphatic heterocycles. The van der Waals surface area contributed by atoms with Crippen molar-refractivity contribution in [1.82, 2.24) is 0 Å². The van der Waals surface area contributed by atoms with Crippen molar-refractivity contribution in [3.05, 3.63) is 35.4 Å². The summed E-state index contributed by atoms with van der Waals surface area (Å²) in [6, 6.07) is 8.24. The number of hydrogen-bond acceptors (Lipinski definition) is 1. The minimum Gasteiger partial charge on any atom is -0.294 e. The minimum absolute atomic E-state index is 0.00433. The quantitative estimate of drug-likeness (QED) is 0.751. The lowest BCUT2D eigenvalue weighted by Crippen LogP contribution is -2.39. The Hall–Kier alpha value is -1.11. The predicted octanol–water partition coefficient (Wildman–Crippen LogP) is 4.40. The van der Waals surface area contributed by atoms with Gasteiger partial charge in [-0.25, -0.2) is 0 Å². The second-order valence-electron chi connectivity index (χ2n) is 6.02. The van der Waals surface area contributed by atoms with E-state index in [4.69, 9.17) is 0 Å². The Bertz CT molecular complexity index is 462. The van der Waals surface area contributed by atoms with Crippen LogP contribution in [0.3, 0.4) is 0 Å². The van der Waals surface area contributed by atoms with E-state index in [2.05, 4.69) is 19.1 Å². The third kappa shape index (κ3) is 1.64. The largest absolute Gasteiger partial charge is 0.294 e. The molecule has 1 aromatic rings. The van der Waals surface area contributed by atoms with Crippen LogP contribution in [0, 0.1) is 11.3 Å². The van der Waals surface area contributed by atoms with E-state index in [0.29, 0.717) is 11.7 Å². The van der Waals surface area contributed by atoms with E-state index in [-0.39, 0.29) is 5.41 Å². The van der Waals surface area contributed by atoms with Gasteiger partial charge in [0.15, 0.2) is 5.78 Å². The average molecular weight is 242 g/mol. The summed E-state index contributed by atoms with van der Waals surface area (Å²) >= 11 is 0. The molecule has 1 fully saturated rings. The molecule has 0 unspecified atom stereocenters. The summed E-state index contributed by atoms with van der Waals surface area (Å²) in [6.45, 7) is 2.24. The molecular weight excluding hydrogens is 220 g/mol. The van der Waals surface area contributed by atoms with Gasteiger partial charge in [-0.2, -0.15) is 0 Å². The van der Waals surface area contributed by atoms with Crippen LogP contribution in [0.5, 0.6) is 0 Å². The van der Waals surface area contributed by atoms with E-state index in [1.54, 1.807) is 0 Å². The summed E-state index contributed by atoms with van der Waals surface area (Å²) in [5.41, 5.74) is 2.30. The van der Waals surface area contributed by atoms with Crippen molar-refractivity contribution in [3.63, 3.8) is 0 Å². The summed E-state index contributed by atoms with van der Waals surface area (Å²) in [5.74, 6) is 1.10. The smallest absolute Gasteiger partial charge is 0.169 e. The molecule has 2 aliphatic carbocycles. The Morgan fingerprint density at radius 3 is 2.94 bits per heavy atom. The Morgan fingerprint density at radius 2 is 2.11 bits per heavy atom. The van der Waals surface area contributed by atoms with Crippen molar-refractivity contribution >= 4 is 5.78 Å². The van der Waals surface area contributed by atoms with Gasteiger partial charge in [-0.3, -0.25) is 4.79 Å². The molecule has 96 valence electrons. The zero-order valence-electron chi connectivity index (χ0n) is 11.2. The Kier molecular flexibility index (Phi) is 3.01. The summed E-state index contributed by atoms with van der Waals surface area (Å²) in [6.07, 6.45) is 8.27. The van der Waals surface area contributed by atoms with Gasteiger partial charge in [0.25, 0.3) is 0 Å². The summed E-state index contributed by atoms with van der Waals surface area (Å²) in [5, 5.41) is 0. The van der Waals surface area contributed by atoms with E-state index >= 15 is 0 Å². The van der Waals surface area contributed by atoms with Crippen molar-refractivity contribution in [2.45, 2.75) is 51.9 Å². The molecule has 2 atom stereocenters. The lowest BCUT2D eigenvalue weighted by Gasteiger charge is -2.38. The van der Waals surface area contributed by atoms with Gasteiger partial charge in [0.1, 0.15) is 0 Å². The molecule has 3 rings (SSSR count). The maximum Gasteiger partial charge on any atom is 0.169 e. The fraction of sp³-hybridized carbons (Fsp3) is 0.588. The number of fused-ring (bicyclic) bond motifs is 1. The highest BCUT2D eigenvalue weighted by Crippen LogP contribution is 2.52. The summed E-state index contributed by atoms with van der Waals surface area (Å²) in [4.78, 5) is 12.9. The molecule has 18 heavy (non-hydrogen) atoms. The SMILES string of the molecule is CCC[C@@H]1CCC[C@]12CCc1ccccc1C2=O. The van der Waals surface area contributed by atoms with Crippen molar-refractivity contribution in [3.8, 4) is 0 Å². The molecule has 1 spiro atoms. The van der Waals surface area contributed by atoms with Gasteiger partial charge >= 0.3 is 0 Å². The first-order valence-electron chi connectivity index (χ1n) is 7.40. The normalized spacial score (nSPS) is 30.7. The molecule has 0 saturated heterocycles. The molecule has 0 radical (unpaired) electrons. The van der Waals surface area contributed by atoms with Gasteiger partial charge in [0.05, 0.1) is 0 Å². The van der Waals surface area contributed by atoms with Crippen LogP contribution in [-0.2, 0) is 6.42 Å². The number of ketones is 1. The van der Waals surface area contributed by atoms with Crippen molar-refractivity contribution in [1.29, 1.82) is 0 Å². The van der Waals surface area contributed by atoms with Gasteiger partial charge < -0.3 is 0 Å². The van der Waals surface area contributed by atoms with E-state index in [0.717, 1.165) is 24.8 Å². The first-order chi connectivity index (χ1) is 8.78.